The smallest absolute Gasteiger partial charge is 0.00575 e. The summed E-state index contributed by atoms with van der Waals surface area (Å²) in [6.45, 7) is 4.48. The molecular weight excluding hydrogens is 204 g/mol. The highest BCUT2D eigenvalue weighted by Gasteiger charge is 2.13. The van der Waals surface area contributed by atoms with Crippen LogP contribution in [0, 0.1) is 0 Å². The standard InChI is InChI=1S/C17H18/c1-3-12-10-14-6-5-7-16-13(4-2)8-9-15(11-12)17(14)16/h5-9,11H,3-4,10H2,1-2H3. The van der Waals surface area contributed by atoms with Gasteiger partial charge in [-0.25, -0.2) is 0 Å². The Bertz CT molecular complexity index is 603. The van der Waals surface area contributed by atoms with Crippen molar-refractivity contribution in [2.24, 2.45) is 0 Å². The zero-order chi connectivity index (χ0) is 11.8. The zero-order valence-corrected chi connectivity index (χ0v) is 10.6. The van der Waals surface area contributed by atoms with Crippen molar-refractivity contribution in [2.75, 3.05) is 0 Å². The molecule has 0 spiro atoms. The van der Waals surface area contributed by atoms with Gasteiger partial charge in [0.2, 0.25) is 0 Å². The highest BCUT2D eigenvalue weighted by atomic mass is 14.2. The second kappa shape index (κ2) is 4.03. The van der Waals surface area contributed by atoms with E-state index < -0.39 is 0 Å². The summed E-state index contributed by atoms with van der Waals surface area (Å²) < 4.78 is 0. The minimum Gasteiger partial charge on any atom is -0.0655 e. The fourth-order valence-electron chi connectivity index (χ4n) is 2.89. The molecule has 3 rings (SSSR count). The predicted octanol–water partition coefficient (Wildman–Crippen LogP) is 4.75. The van der Waals surface area contributed by atoms with Crippen LogP contribution in [0.2, 0.25) is 0 Å². The molecule has 1 aliphatic rings. The molecule has 0 atom stereocenters. The highest BCUT2D eigenvalue weighted by molar-refractivity contribution is 5.97. The van der Waals surface area contributed by atoms with Gasteiger partial charge in [-0.15, -0.1) is 0 Å². The fourth-order valence-corrected chi connectivity index (χ4v) is 2.89. The summed E-state index contributed by atoms with van der Waals surface area (Å²) in [7, 11) is 0. The van der Waals surface area contributed by atoms with Crippen molar-refractivity contribution in [3.05, 3.63) is 52.6 Å². The fraction of sp³-hybridized carbons (Fsp3) is 0.294. The molecule has 17 heavy (non-hydrogen) atoms. The van der Waals surface area contributed by atoms with Gasteiger partial charge in [0.05, 0.1) is 0 Å². The lowest BCUT2D eigenvalue weighted by Crippen LogP contribution is -2.00. The molecule has 0 saturated heterocycles. The molecule has 1 aliphatic carbocycles. The van der Waals surface area contributed by atoms with Crippen molar-refractivity contribution >= 4 is 16.8 Å². The summed E-state index contributed by atoms with van der Waals surface area (Å²) in [5, 5.41) is 2.94. The van der Waals surface area contributed by atoms with E-state index in [0.717, 1.165) is 19.3 Å². The minimum atomic E-state index is 1.12. The molecule has 2 aromatic rings. The highest BCUT2D eigenvalue weighted by Crippen LogP contribution is 2.34. The van der Waals surface area contributed by atoms with Gasteiger partial charge in [0, 0.05) is 0 Å². The van der Waals surface area contributed by atoms with E-state index in [1.807, 2.05) is 0 Å². The Morgan fingerprint density at radius 2 is 1.88 bits per heavy atom. The van der Waals surface area contributed by atoms with Gasteiger partial charge in [-0.1, -0.05) is 55.8 Å². The maximum absolute atomic E-state index is 2.38. The van der Waals surface area contributed by atoms with Gasteiger partial charge in [0.25, 0.3) is 0 Å². The van der Waals surface area contributed by atoms with Crippen LogP contribution in [0.1, 0.15) is 37.0 Å². The van der Waals surface area contributed by atoms with Crippen LogP contribution >= 0.6 is 0 Å². The van der Waals surface area contributed by atoms with Crippen LogP contribution in [0.25, 0.3) is 16.8 Å². The maximum Gasteiger partial charge on any atom is -0.00575 e. The van der Waals surface area contributed by atoms with Gasteiger partial charge in [-0.3, -0.25) is 0 Å². The summed E-state index contributed by atoms with van der Waals surface area (Å²) >= 11 is 0. The van der Waals surface area contributed by atoms with E-state index in [4.69, 9.17) is 0 Å². The maximum atomic E-state index is 2.38. The Labute approximate surface area is 103 Å². The number of rotatable bonds is 2. The normalized spacial score (nSPS) is 13.9. The lowest BCUT2D eigenvalue weighted by molar-refractivity contribution is 1.02. The van der Waals surface area contributed by atoms with Gasteiger partial charge in [-0.05, 0) is 46.7 Å². The largest absolute Gasteiger partial charge is 0.0655 e. The number of allylic oxidation sites excluding steroid dienone is 1. The SMILES string of the molecule is CCC1=Cc2ccc(CC)c3cccc(c23)C1. The van der Waals surface area contributed by atoms with E-state index in [9.17, 15) is 0 Å². The lowest BCUT2D eigenvalue weighted by Gasteiger charge is -2.18. The van der Waals surface area contributed by atoms with E-state index in [1.54, 1.807) is 5.57 Å². The lowest BCUT2D eigenvalue weighted by atomic mass is 9.86. The first-order valence-electron chi connectivity index (χ1n) is 6.56. The molecule has 0 heterocycles. The van der Waals surface area contributed by atoms with Crippen molar-refractivity contribution in [1.82, 2.24) is 0 Å². The summed E-state index contributed by atoms with van der Waals surface area (Å²) in [6.07, 6.45) is 5.79. The van der Waals surface area contributed by atoms with Crippen molar-refractivity contribution in [3.63, 3.8) is 0 Å². The van der Waals surface area contributed by atoms with Crippen LogP contribution in [0.15, 0.2) is 35.9 Å². The molecule has 0 fully saturated rings. The molecule has 0 nitrogen and oxygen atoms in total. The van der Waals surface area contributed by atoms with Gasteiger partial charge in [0.15, 0.2) is 0 Å². The van der Waals surface area contributed by atoms with E-state index in [2.05, 4.69) is 50.3 Å². The van der Waals surface area contributed by atoms with Gasteiger partial charge >= 0.3 is 0 Å². The van der Waals surface area contributed by atoms with E-state index in [0.29, 0.717) is 0 Å². The topological polar surface area (TPSA) is 0 Å². The number of aryl methyl sites for hydroxylation is 1. The minimum absolute atomic E-state index is 1.12. The van der Waals surface area contributed by atoms with Crippen LogP contribution in [-0.2, 0) is 12.8 Å². The predicted molar refractivity (Wildman–Crippen MR) is 75.3 cm³/mol. The Morgan fingerprint density at radius 3 is 2.65 bits per heavy atom. The summed E-state index contributed by atoms with van der Waals surface area (Å²) in [5.74, 6) is 0. The van der Waals surface area contributed by atoms with Crippen molar-refractivity contribution in [2.45, 2.75) is 33.1 Å². The van der Waals surface area contributed by atoms with Crippen LogP contribution < -0.4 is 0 Å². The Balaban J connectivity index is 2.36. The van der Waals surface area contributed by atoms with E-state index in [-0.39, 0.29) is 0 Å². The average Bonchev–Trinajstić information content (AvgIpc) is 2.39. The first-order valence-corrected chi connectivity index (χ1v) is 6.56. The van der Waals surface area contributed by atoms with Crippen LogP contribution in [-0.4, -0.2) is 0 Å². The van der Waals surface area contributed by atoms with Crippen molar-refractivity contribution < 1.29 is 0 Å². The summed E-state index contributed by atoms with van der Waals surface area (Å²) in [4.78, 5) is 0. The molecule has 0 saturated carbocycles. The summed E-state index contributed by atoms with van der Waals surface area (Å²) in [6, 6.07) is 11.3. The Kier molecular flexibility index (Phi) is 2.51. The van der Waals surface area contributed by atoms with Crippen LogP contribution in [0.4, 0.5) is 0 Å². The van der Waals surface area contributed by atoms with Gasteiger partial charge < -0.3 is 0 Å². The number of benzene rings is 2. The van der Waals surface area contributed by atoms with Crippen molar-refractivity contribution in [3.8, 4) is 0 Å². The van der Waals surface area contributed by atoms with Gasteiger partial charge in [0.1, 0.15) is 0 Å². The second-order valence-electron chi connectivity index (χ2n) is 4.84. The molecule has 0 heteroatoms. The molecule has 0 unspecified atom stereocenters. The molecular formula is C17H18. The Hall–Kier alpha value is -1.56. The quantitative estimate of drug-likeness (QED) is 0.687. The van der Waals surface area contributed by atoms with E-state index in [1.165, 1.54) is 27.5 Å². The molecule has 2 aromatic carbocycles. The van der Waals surface area contributed by atoms with Crippen LogP contribution in [0.3, 0.4) is 0 Å². The molecule has 0 aromatic heterocycles. The van der Waals surface area contributed by atoms with Gasteiger partial charge in [-0.2, -0.15) is 0 Å². The first-order chi connectivity index (χ1) is 8.33. The number of hydrogen-bond acceptors (Lipinski definition) is 0. The molecule has 86 valence electrons. The average molecular weight is 222 g/mol. The zero-order valence-electron chi connectivity index (χ0n) is 10.6. The monoisotopic (exact) mass is 222 g/mol. The molecule has 0 amide bonds. The number of hydrogen-bond donors (Lipinski definition) is 0. The van der Waals surface area contributed by atoms with Crippen molar-refractivity contribution in [1.29, 1.82) is 0 Å². The van der Waals surface area contributed by atoms with E-state index >= 15 is 0 Å². The first kappa shape index (κ1) is 10.6. The summed E-state index contributed by atoms with van der Waals surface area (Å²) in [5.41, 5.74) is 5.94. The third-order valence-corrected chi connectivity index (χ3v) is 3.86. The third-order valence-electron chi connectivity index (χ3n) is 3.86. The molecule has 0 N–H and O–H groups in total. The molecule has 0 aliphatic heterocycles. The molecule has 0 bridgehead atoms. The molecule has 0 radical (unpaired) electrons. The third kappa shape index (κ3) is 1.59. The second-order valence-corrected chi connectivity index (χ2v) is 4.84. The van der Waals surface area contributed by atoms with Crippen LogP contribution in [0.5, 0.6) is 0 Å². The Morgan fingerprint density at radius 1 is 1.00 bits per heavy atom.